The molecule has 0 amide bonds. The molecule has 0 aliphatic rings. The molecule has 0 radical (unpaired) electrons. The maximum Gasteiger partial charge on any atom is 0.264 e. The van der Waals surface area contributed by atoms with Gasteiger partial charge in [-0.1, -0.05) is 5.92 Å². The van der Waals surface area contributed by atoms with Gasteiger partial charge in [0.25, 0.3) is 5.56 Å². The Hall–Kier alpha value is -1.92. The molecule has 0 saturated heterocycles. The molecule has 0 bridgehead atoms. The van der Waals surface area contributed by atoms with Crippen molar-refractivity contribution in [3.63, 3.8) is 0 Å². The minimum absolute atomic E-state index is 0.0507. The van der Waals surface area contributed by atoms with Gasteiger partial charge >= 0.3 is 0 Å². The van der Waals surface area contributed by atoms with Crippen LogP contribution in [0.3, 0.4) is 0 Å². The summed E-state index contributed by atoms with van der Waals surface area (Å²) >= 11 is 5.65. The molecular formula is C13H13ClFN3O4. The van der Waals surface area contributed by atoms with Gasteiger partial charge in [0.05, 0.1) is 13.2 Å². The number of terminal acetylenes is 1. The first-order chi connectivity index (χ1) is 10.4. The van der Waals surface area contributed by atoms with Crippen molar-refractivity contribution in [3.8, 4) is 12.3 Å². The summed E-state index contributed by atoms with van der Waals surface area (Å²) in [5.41, 5.74) is -2.44. The lowest BCUT2D eigenvalue weighted by atomic mass is 9.98. The SMILES string of the molecule is C#CC(CO)(OC)[C@@H](O)Cn1cc(F)c2c(=O)[nH]c(Cl)nc21. The molecule has 9 heteroatoms. The van der Waals surface area contributed by atoms with E-state index in [9.17, 15) is 19.4 Å². The summed E-state index contributed by atoms with van der Waals surface area (Å²) in [6, 6.07) is 0. The highest BCUT2D eigenvalue weighted by Gasteiger charge is 2.36. The number of hydrogen-bond acceptors (Lipinski definition) is 5. The van der Waals surface area contributed by atoms with Gasteiger partial charge in [0.1, 0.15) is 11.5 Å². The first-order valence-corrected chi connectivity index (χ1v) is 6.52. The fourth-order valence-corrected chi connectivity index (χ4v) is 2.27. The number of H-pyrrole nitrogens is 1. The van der Waals surface area contributed by atoms with Crippen LogP contribution in [-0.4, -0.2) is 50.2 Å². The summed E-state index contributed by atoms with van der Waals surface area (Å²) in [5, 5.41) is 19.0. The summed E-state index contributed by atoms with van der Waals surface area (Å²) in [5.74, 6) is 1.35. The zero-order valence-corrected chi connectivity index (χ0v) is 12.3. The van der Waals surface area contributed by atoms with Gasteiger partial charge in [0.2, 0.25) is 5.28 Å². The second-order valence-electron chi connectivity index (χ2n) is 4.60. The van der Waals surface area contributed by atoms with Gasteiger partial charge in [-0.05, 0) is 11.6 Å². The first kappa shape index (κ1) is 16.5. The number of aliphatic hydroxyl groups is 2. The standard InChI is InChI=1S/C13H13ClFN3O4/c1-3-13(6-19,22-2)8(20)5-18-4-7(15)9-10(18)16-12(14)17-11(9)21/h1,4,8,19-20H,5-6H2,2H3,(H,16,17,21)/t8-,13?/m0/s1. The quantitative estimate of drug-likeness (QED) is 0.525. The Balaban J connectivity index is 2.49. The summed E-state index contributed by atoms with van der Waals surface area (Å²) in [6.45, 7) is -0.899. The van der Waals surface area contributed by atoms with Crippen molar-refractivity contribution >= 4 is 22.6 Å². The number of aliphatic hydroxyl groups excluding tert-OH is 2. The molecule has 0 aromatic carbocycles. The lowest BCUT2D eigenvalue weighted by Gasteiger charge is -2.30. The average molecular weight is 330 g/mol. The topological polar surface area (TPSA) is 100 Å². The van der Waals surface area contributed by atoms with Gasteiger partial charge in [0, 0.05) is 13.3 Å². The van der Waals surface area contributed by atoms with Crippen LogP contribution in [0.4, 0.5) is 4.39 Å². The molecule has 3 N–H and O–H groups in total. The molecule has 0 saturated carbocycles. The van der Waals surface area contributed by atoms with Crippen LogP contribution in [0.5, 0.6) is 0 Å². The predicted octanol–water partition coefficient (Wildman–Crippen LogP) is -0.111. The van der Waals surface area contributed by atoms with E-state index >= 15 is 0 Å². The zero-order chi connectivity index (χ0) is 16.5. The average Bonchev–Trinajstić information content (AvgIpc) is 2.77. The van der Waals surface area contributed by atoms with Crippen LogP contribution in [-0.2, 0) is 11.3 Å². The van der Waals surface area contributed by atoms with Crippen LogP contribution in [0.1, 0.15) is 0 Å². The van der Waals surface area contributed by atoms with E-state index in [1.807, 2.05) is 0 Å². The lowest BCUT2D eigenvalue weighted by molar-refractivity contribution is -0.0947. The van der Waals surface area contributed by atoms with Crippen molar-refractivity contribution in [2.45, 2.75) is 18.2 Å². The van der Waals surface area contributed by atoms with Gasteiger partial charge in [0.15, 0.2) is 17.1 Å². The number of rotatable bonds is 5. The van der Waals surface area contributed by atoms with Crippen molar-refractivity contribution < 1.29 is 19.3 Å². The Morgan fingerprint density at radius 3 is 2.95 bits per heavy atom. The van der Waals surface area contributed by atoms with Crippen LogP contribution in [0.25, 0.3) is 11.0 Å². The maximum absolute atomic E-state index is 13.9. The van der Waals surface area contributed by atoms with Crippen LogP contribution in [0.2, 0.25) is 5.28 Å². The van der Waals surface area contributed by atoms with E-state index in [2.05, 4.69) is 15.9 Å². The molecule has 2 aromatic heterocycles. The number of halogens is 2. The molecule has 118 valence electrons. The first-order valence-electron chi connectivity index (χ1n) is 6.14. The van der Waals surface area contributed by atoms with Gasteiger partial charge in [-0.25, -0.2) is 9.37 Å². The highest BCUT2D eigenvalue weighted by molar-refractivity contribution is 6.28. The third-order valence-electron chi connectivity index (χ3n) is 3.40. The second kappa shape index (κ2) is 6.06. The Kier molecular flexibility index (Phi) is 4.53. The number of hydrogen-bond donors (Lipinski definition) is 3. The van der Waals surface area contributed by atoms with Crippen molar-refractivity contribution in [1.82, 2.24) is 14.5 Å². The predicted molar refractivity (Wildman–Crippen MR) is 77.0 cm³/mol. The van der Waals surface area contributed by atoms with E-state index in [4.69, 9.17) is 22.8 Å². The van der Waals surface area contributed by atoms with Crippen molar-refractivity contribution in [1.29, 1.82) is 0 Å². The van der Waals surface area contributed by atoms with Gasteiger partial charge in [-0.3, -0.25) is 9.78 Å². The summed E-state index contributed by atoms with van der Waals surface area (Å²) in [4.78, 5) is 17.7. The summed E-state index contributed by atoms with van der Waals surface area (Å²) < 4.78 is 20.0. The smallest absolute Gasteiger partial charge is 0.264 e. The van der Waals surface area contributed by atoms with E-state index in [-0.39, 0.29) is 22.9 Å². The van der Waals surface area contributed by atoms with Crippen LogP contribution >= 0.6 is 11.6 Å². The number of nitrogens with one attached hydrogen (secondary N) is 1. The number of aromatic nitrogens is 3. The molecule has 2 atom stereocenters. The van der Waals surface area contributed by atoms with E-state index in [1.54, 1.807) is 0 Å². The molecule has 2 rings (SSSR count). The van der Waals surface area contributed by atoms with Crippen molar-refractivity contribution in [3.05, 3.63) is 27.7 Å². The minimum atomic E-state index is -1.65. The molecule has 0 aliphatic heterocycles. The van der Waals surface area contributed by atoms with E-state index in [0.29, 0.717) is 0 Å². The van der Waals surface area contributed by atoms with Crippen LogP contribution in [0.15, 0.2) is 11.0 Å². The van der Waals surface area contributed by atoms with Gasteiger partial charge in [-0.2, -0.15) is 0 Å². The van der Waals surface area contributed by atoms with Crippen LogP contribution < -0.4 is 5.56 Å². The highest BCUT2D eigenvalue weighted by Crippen LogP contribution is 2.20. The molecule has 7 nitrogen and oxygen atoms in total. The highest BCUT2D eigenvalue weighted by atomic mass is 35.5. The summed E-state index contributed by atoms with van der Waals surface area (Å²) in [7, 11) is 1.23. The maximum atomic E-state index is 13.9. The largest absolute Gasteiger partial charge is 0.392 e. The monoisotopic (exact) mass is 329 g/mol. The molecule has 1 unspecified atom stereocenters. The fraction of sp³-hybridized carbons (Fsp3) is 0.385. The third kappa shape index (κ3) is 2.60. The Bertz CT molecular complexity index is 791. The van der Waals surface area contributed by atoms with E-state index < -0.39 is 29.7 Å². The van der Waals surface area contributed by atoms with Gasteiger partial charge < -0.3 is 19.5 Å². The Morgan fingerprint density at radius 1 is 1.73 bits per heavy atom. The lowest BCUT2D eigenvalue weighted by Crippen LogP contribution is -2.48. The molecule has 22 heavy (non-hydrogen) atoms. The van der Waals surface area contributed by atoms with E-state index in [0.717, 1.165) is 6.20 Å². The fourth-order valence-electron chi connectivity index (χ4n) is 2.10. The zero-order valence-electron chi connectivity index (χ0n) is 11.5. The Morgan fingerprint density at radius 2 is 2.41 bits per heavy atom. The molecule has 0 fully saturated rings. The summed E-state index contributed by atoms with van der Waals surface area (Å²) in [6.07, 6.45) is 4.89. The van der Waals surface area contributed by atoms with Gasteiger partial charge in [-0.15, -0.1) is 6.42 Å². The molecular weight excluding hydrogens is 317 g/mol. The number of ether oxygens (including phenoxy) is 1. The van der Waals surface area contributed by atoms with Crippen molar-refractivity contribution in [2.24, 2.45) is 0 Å². The molecule has 0 spiro atoms. The number of methoxy groups -OCH3 is 1. The van der Waals surface area contributed by atoms with Crippen molar-refractivity contribution in [2.75, 3.05) is 13.7 Å². The third-order valence-corrected chi connectivity index (χ3v) is 3.58. The minimum Gasteiger partial charge on any atom is -0.392 e. The molecule has 2 heterocycles. The normalized spacial score (nSPS) is 15.5. The number of nitrogens with zero attached hydrogens (tertiary/aromatic N) is 2. The number of aromatic amines is 1. The van der Waals surface area contributed by atoms with Crippen LogP contribution in [0, 0.1) is 18.2 Å². The second-order valence-corrected chi connectivity index (χ2v) is 4.95. The van der Waals surface area contributed by atoms with E-state index in [1.165, 1.54) is 11.7 Å². The molecule has 0 aliphatic carbocycles. The Labute approximate surface area is 129 Å². The molecule has 2 aromatic rings. The number of fused-ring (bicyclic) bond motifs is 1.